The van der Waals surface area contributed by atoms with Crippen LogP contribution in [0.25, 0.3) is 0 Å². The zero-order valence-corrected chi connectivity index (χ0v) is 24.3. The van der Waals surface area contributed by atoms with Crippen molar-refractivity contribution in [2.75, 3.05) is 40.5 Å². The smallest absolute Gasteiger partial charge is 0.244 e. The highest BCUT2D eigenvalue weighted by molar-refractivity contribution is 7.89. The van der Waals surface area contributed by atoms with E-state index in [1.807, 2.05) is 62.1 Å². The Kier molecular flexibility index (Phi) is 8.92. The van der Waals surface area contributed by atoms with Crippen LogP contribution in [0.3, 0.4) is 0 Å². The van der Waals surface area contributed by atoms with Gasteiger partial charge in [-0.1, -0.05) is 29.8 Å². The molecule has 0 saturated carbocycles. The van der Waals surface area contributed by atoms with Crippen molar-refractivity contribution < 1.29 is 22.7 Å². The van der Waals surface area contributed by atoms with Gasteiger partial charge in [0.05, 0.1) is 24.6 Å². The molecule has 0 N–H and O–H groups in total. The molecule has 2 aromatic carbocycles. The van der Waals surface area contributed by atoms with E-state index < -0.39 is 10.0 Å². The Bertz CT molecular complexity index is 1360. The number of carbonyl (C=O) groups is 1. The van der Waals surface area contributed by atoms with Gasteiger partial charge in [0.25, 0.3) is 0 Å². The quantitative estimate of drug-likeness (QED) is 0.333. The number of carbonyl (C=O) groups excluding carboxylic acids is 1. The van der Waals surface area contributed by atoms with Crippen LogP contribution in [0.2, 0.25) is 0 Å². The number of sulfonamides is 1. The van der Waals surface area contributed by atoms with E-state index in [1.165, 1.54) is 9.18 Å². The van der Waals surface area contributed by atoms with Crippen LogP contribution in [0.1, 0.15) is 45.2 Å². The molecular weight excluding hydrogens is 520 g/mol. The minimum atomic E-state index is -3.92. The van der Waals surface area contributed by atoms with Crippen LogP contribution in [0.15, 0.2) is 52.7 Å². The number of hydrogen-bond donors (Lipinski definition) is 0. The van der Waals surface area contributed by atoms with Crippen LogP contribution < -0.4 is 4.74 Å². The molecule has 1 amide bonds. The van der Waals surface area contributed by atoms with E-state index in [-0.39, 0.29) is 29.9 Å². The number of hydrogen-bond acceptors (Lipinski definition) is 6. The maximum atomic E-state index is 14.0. The molecule has 0 fully saturated rings. The zero-order valence-electron chi connectivity index (χ0n) is 22.7. The van der Waals surface area contributed by atoms with Gasteiger partial charge in [0.15, 0.2) is 0 Å². The van der Waals surface area contributed by atoms with Crippen molar-refractivity contribution in [3.63, 3.8) is 0 Å². The molecule has 1 aliphatic heterocycles. The Balaban J connectivity index is 1.68. The fourth-order valence-corrected chi connectivity index (χ4v) is 8.09. The number of ether oxygens (including phenoxy) is 2. The molecule has 1 unspecified atom stereocenters. The van der Waals surface area contributed by atoms with Crippen LogP contribution in [-0.2, 0) is 26.0 Å². The third kappa shape index (κ3) is 5.81. The zero-order chi connectivity index (χ0) is 27.4. The van der Waals surface area contributed by atoms with Crippen LogP contribution in [0, 0.1) is 20.8 Å². The second-order valence-electron chi connectivity index (χ2n) is 9.72. The lowest BCUT2D eigenvalue weighted by Gasteiger charge is -2.37. The predicted octanol–water partition coefficient (Wildman–Crippen LogP) is 4.88. The number of aryl methyl sites for hydroxylation is 3. The summed E-state index contributed by atoms with van der Waals surface area (Å²) in [5.41, 5.74) is 4.44. The second kappa shape index (κ2) is 12.0. The Morgan fingerprint density at radius 1 is 1.08 bits per heavy atom. The van der Waals surface area contributed by atoms with Gasteiger partial charge in [0, 0.05) is 31.7 Å². The van der Waals surface area contributed by atoms with Crippen molar-refractivity contribution in [3.05, 3.63) is 80.5 Å². The summed E-state index contributed by atoms with van der Waals surface area (Å²) in [4.78, 5) is 17.3. The second-order valence-corrected chi connectivity index (χ2v) is 12.6. The number of amides is 1. The fraction of sp³-hybridized carbons (Fsp3) is 0.414. The fourth-order valence-electron chi connectivity index (χ4n) is 5.34. The van der Waals surface area contributed by atoms with Gasteiger partial charge in [0.1, 0.15) is 5.75 Å². The lowest BCUT2D eigenvalue weighted by Crippen LogP contribution is -2.47. The van der Waals surface area contributed by atoms with Gasteiger partial charge in [-0.15, -0.1) is 11.3 Å². The summed E-state index contributed by atoms with van der Waals surface area (Å²) in [5, 5.41) is 2.06. The van der Waals surface area contributed by atoms with Gasteiger partial charge in [-0.3, -0.25) is 4.79 Å². The van der Waals surface area contributed by atoms with Crippen molar-refractivity contribution in [1.29, 1.82) is 0 Å². The van der Waals surface area contributed by atoms with E-state index in [2.05, 4.69) is 11.4 Å². The van der Waals surface area contributed by atoms with Gasteiger partial charge in [-0.25, -0.2) is 8.42 Å². The third-order valence-corrected chi connectivity index (χ3v) is 10.1. The summed E-state index contributed by atoms with van der Waals surface area (Å²) < 4.78 is 39.8. The average Bonchev–Trinajstić information content (AvgIpc) is 3.36. The Hall–Kier alpha value is -2.72. The average molecular weight is 557 g/mol. The van der Waals surface area contributed by atoms with E-state index in [0.717, 1.165) is 28.9 Å². The molecule has 3 aromatic rings. The first-order valence-corrected chi connectivity index (χ1v) is 15.1. The molecule has 9 heteroatoms. The first kappa shape index (κ1) is 28.3. The van der Waals surface area contributed by atoms with E-state index in [1.54, 1.807) is 25.6 Å². The van der Waals surface area contributed by atoms with Gasteiger partial charge < -0.3 is 14.4 Å². The third-order valence-electron chi connectivity index (χ3n) is 6.99. The predicted molar refractivity (Wildman–Crippen MR) is 150 cm³/mol. The molecule has 4 rings (SSSR count). The lowest BCUT2D eigenvalue weighted by atomic mass is 9.93. The molecular formula is C29H36N2O5S2. The molecule has 1 aromatic heterocycles. The minimum Gasteiger partial charge on any atom is -0.497 e. The monoisotopic (exact) mass is 556 g/mol. The number of benzene rings is 2. The Morgan fingerprint density at radius 3 is 2.39 bits per heavy atom. The van der Waals surface area contributed by atoms with Gasteiger partial charge in [0.2, 0.25) is 15.9 Å². The van der Waals surface area contributed by atoms with Crippen LogP contribution >= 0.6 is 11.3 Å². The van der Waals surface area contributed by atoms with Crippen molar-refractivity contribution in [1.82, 2.24) is 9.21 Å². The van der Waals surface area contributed by atoms with Crippen LogP contribution in [0.5, 0.6) is 5.75 Å². The van der Waals surface area contributed by atoms with Crippen molar-refractivity contribution in [2.45, 2.75) is 44.6 Å². The molecule has 0 spiro atoms. The van der Waals surface area contributed by atoms with E-state index >= 15 is 0 Å². The van der Waals surface area contributed by atoms with Crippen LogP contribution in [-0.4, -0.2) is 64.0 Å². The van der Waals surface area contributed by atoms with Gasteiger partial charge in [-0.05, 0) is 79.4 Å². The van der Waals surface area contributed by atoms with E-state index in [9.17, 15) is 13.2 Å². The summed E-state index contributed by atoms with van der Waals surface area (Å²) in [6.07, 6.45) is 1.24. The number of rotatable bonds is 10. The number of fused-ring (bicyclic) bond motifs is 1. The Labute approximate surface area is 230 Å². The molecule has 0 bridgehead atoms. The summed E-state index contributed by atoms with van der Waals surface area (Å²) in [6.45, 7) is 6.46. The Morgan fingerprint density at radius 2 is 1.76 bits per heavy atom. The molecule has 1 atom stereocenters. The summed E-state index contributed by atoms with van der Waals surface area (Å²) >= 11 is 1.70. The SMILES string of the molecule is COCCCN(CC(=O)N1CCc2sccc2C1c1ccc(OC)cc1)S(=O)(=O)c1c(C)cc(C)cc1C. The summed E-state index contributed by atoms with van der Waals surface area (Å²) in [6, 6.07) is 13.3. The van der Waals surface area contributed by atoms with E-state index in [4.69, 9.17) is 9.47 Å². The molecule has 0 aliphatic carbocycles. The van der Waals surface area contributed by atoms with Crippen molar-refractivity contribution in [3.8, 4) is 5.75 Å². The maximum absolute atomic E-state index is 14.0. The number of nitrogens with zero attached hydrogens (tertiary/aromatic N) is 2. The first-order chi connectivity index (χ1) is 18.2. The van der Waals surface area contributed by atoms with Crippen molar-refractivity contribution in [2.24, 2.45) is 0 Å². The number of methoxy groups -OCH3 is 2. The topological polar surface area (TPSA) is 76.2 Å². The van der Waals surface area contributed by atoms with Crippen LogP contribution in [0.4, 0.5) is 0 Å². The maximum Gasteiger partial charge on any atom is 0.244 e. The highest BCUT2D eigenvalue weighted by atomic mass is 32.2. The summed E-state index contributed by atoms with van der Waals surface area (Å²) in [7, 11) is -0.708. The molecule has 38 heavy (non-hydrogen) atoms. The lowest BCUT2D eigenvalue weighted by molar-refractivity contribution is -0.133. The highest BCUT2D eigenvalue weighted by Crippen LogP contribution is 2.38. The molecule has 0 saturated heterocycles. The standard InChI is InChI=1S/C29H36N2O5S2/c1-20-17-21(2)29(22(3)18-20)38(33,34)30(13-6-15-35-4)19-27(32)31-14-11-26-25(12-16-37-26)28(31)23-7-9-24(36-5)10-8-23/h7-10,12,16-18,28H,6,11,13-15,19H2,1-5H3. The number of thiophene rings is 1. The molecule has 7 nitrogen and oxygen atoms in total. The first-order valence-electron chi connectivity index (χ1n) is 12.7. The van der Waals surface area contributed by atoms with Gasteiger partial charge >= 0.3 is 0 Å². The summed E-state index contributed by atoms with van der Waals surface area (Å²) in [5.74, 6) is 0.526. The largest absolute Gasteiger partial charge is 0.497 e. The van der Waals surface area contributed by atoms with Gasteiger partial charge in [-0.2, -0.15) is 4.31 Å². The molecule has 204 valence electrons. The normalized spacial score (nSPS) is 15.5. The molecule has 1 aliphatic rings. The van der Waals surface area contributed by atoms with Crippen molar-refractivity contribution >= 4 is 27.3 Å². The minimum absolute atomic E-state index is 0.194. The van der Waals surface area contributed by atoms with E-state index in [0.29, 0.717) is 30.7 Å². The molecule has 0 radical (unpaired) electrons. The molecule has 2 heterocycles. The highest BCUT2D eigenvalue weighted by Gasteiger charge is 2.36.